The number of nitrogens with one attached hydrogen (secondary N) is 1. The third-order valence-electron chi connectivity index (χ3n) is 4.24. The average Bonchev–Trinajstić information content (AvgIpc) is 2.43. The van der Waals surface area contributed by atoms with Gasteiger partial charge in [-0.3, -0.25) is 0 Å². The fourth-order valence-electron chi connectivity index (χ4n) is 3.02. The molecule has 0 aliphatic carbocycles. The van der Waals surface area contributed by atoms with Crippen molar-refractivity contribution >= 4 is 15.9 Å². The Bertz CT molecular complexity index is 440. The summed E-state index contributed by atoms with van der Waals surface area (Å²) >= 11 is 3.37. The van der Waals surface area contributed by atoms with E-state index >= 15 is 0 Å². The van der Waals surface area contributed by atoms with Gasteiger partial charge in [-0.15, -0.1) is 0 Å². The van der Waals surface area contributed by atoms with Crippen molar-refractivity contribution in [1.29, 1.82) is 0 Å². The Hall–Kier alpha value is -0.450. The second-order valence-corrected chi connectivity index (χ2v) is 7.02. The molecule has 2 nitrogen and oxygen atoms in total. The molecule has 0 amide bonds. The fourth-order valence-corrected chi connectivity index (χ4v) is 3.53. The Kier molecular flexibility index (Phi) is 6.20. The van der Waals surface area contributed by atoms with Crippen molar-refractivity contribution in [2.24, 2.45) is 0 Å². The lowest BCUT2D eigenvalue weighted by atomic mass is 9.84. The van der Waals surface area contributed by atoms with Crippen molar-refractivity contribution in [3.63, 3.8) is 0 Å². The van der Waals surface area contributed by atoms with Gasteiger partial charge in [0.05, 0.1) is 5.60 Å². The molecule has 0 bridgehead atoms. The van der Waals surface area contributed by atoms with Gasteiger partial charge in [-0.25, -0.2) is 4.39 Å². The first-order chi connectivity index (χ1) is 10.0. The van der Waals surface area contributed by atoms with Crippen LogP contribution in [0.1, 0.15) is 45.1 Å². The first-order valence-electron chi connectivity index (χ1n) is 7.86. The minimum absolute atomic E-state index is 0.161. The van der Waals surface area contributed by atoms with Crippen LogP contribution in [0.3, 0.4) is 0 Å². The Balaban J connectivity index is 2.15. The van der Waals surface area contributed by atoms with E-state index in [0.29, 0.717) is 0 Å². The summed E-state index contributed by atoms with van der Waals surface area (Å²) in [5, 5.41) is 3.60. The van der Waals surface area contributed by atoms with Gasteiger partial charge in [0.25, 0.3) is 0 Å². The zero-order valence-electron chi connectivity index (χ0n) is 12.9. The summed E-state index contributed by atoms with van der Waals surface area (Å²) in [7, 11) is 0. The minimum atomic E-state index is -0.191. The van der Waals surface area contributed by atoms with Crippen LogP contribution in [0.5, 0.6) is 0 Å². The van der Waals surface area contributed by atoms with E-state index in [1.807, 2.05) is 6.07 Å². The largest absolute Gasteiger partial charge is 0.374 e. The first-order valence-corrected chi connectivity index (χ1v) is 8.65. The van der Waals surface area contributed by atoms with Crippen LogP contribution in [0.2, 0.25) is 0 Å². The van der Waals surface area contributed by atoms with Gasteiger partial charge in [0, 0.05) is 17.1 Å². The second-order valence-electron chi connectivity index (χ2n) is 6.11. The standard InChI is InChI=1S/C17H25BrFNO/c1-3-7-20-16(17(2)6-4-5-8-21-17)11-13-9-14(18)12-15(19)10-13/h9-10,12,16,20H,3-8,11H2,1-2H3. The normalized spacial score (nSPS) is 24.0. The topological polar surface area (TPSA) is 21.3 Å². The number of hydrogen-bond donors (Lipinski definition) is 1. The maximum Gasteiger partial charge on any atom is 0.124 e. The Labute approximate surface area is 135 Å². The highest BCUT2D eigenvalue weighted by atomic mass is 79.9. The van der Waals surface area contributed by atoms with E-state index in [0.717, 1.165) is 48.9 Å². The summed E-state index contributed by atoms with van der Waals surface area (Å²) in [5.74, 6) is -0.191. The van der Waals surface area contributed by atoms with Crippen LogP contribution in [-0.4, -0.2) is 24.8 Å². The van der Waals surface area contributed by atoms with Gasteiger partial charge < -0.3 is 10.1 Å². The van der Waals surface area contributed by atoms with Crippen LogP contribution < -0.4 is 5.32 Å². The minimum Gasteiger partial charge on any atom is -0.374 e. The zero-order valence-corrected chi connectivity index (χ0v) is 14.5. The SMILES string of the molecule is CCCNC(Cc1cc(F)cc(Br)c1)C1(C)CCCCO1. The van der Waals surface area contributed by atoms with Crippen molar-refractivity contribution in [1.82, 2.24) is 5.32 Å². The number of benzene rings is 1. The van der Waals surface area contributed by atoms with Gasteiger partial charge in [0.1, 0.15) is 5.82 Å². The second kappa shape index (κ2) is 7.70. The number of halogens is 2. The molecule has 0 spiro atoms. The lowest BCUT2D eigenvalue weighted by Crippen LogP contribution is -2.53. The van der Waals surface area contributed by atoms with E-state index < -0.39 is 0 Å². The third kappa shape index (κ3) is 4.76. The first kappa shape index (κ1) is 16.9. The summed E-state index contributed by atoms with van der Waals surface area (Å²) in [5.41, 5.74) is 0.845. The Morgan fingerprint density at radius 3 is 2.81 bits per heavy atom. The molecule has 1 N–H and O–H groups in total. The third-order valence-corrected chi connectivity index (χ3v) is 4.70. The van der Waals surface area contributed by atoms with E-state index in [2.05, 4.69) is 35.1 Å². The van der Waals surface area contributed by atoms with Crippen molar-refractivity contribution < 1.29 is 9.13 Å². The molecule has 0 saturated carbocycles. The molecular weight excluding hydrogens is 333 g/mol. The molecule has 0 radical (unpaired) electrons. The van der Waals surface area contributed by atoms with E-state index in [4.69, 9.17) is 4.74 Å². The fraction of sp³-hybridized carbons (Fsp3) is 0.647. The maximum atomic E-state index is 13.6. The molecular formula is C17H25BrFNO. The molecule has 2 unspecified atom stereocenters. The lowest BCUT2D eigenvalue weighted by Gasteiger charge is -2.41. The van der Waals surface area contributed by atoms with Gasteiger partial charge in [-0.2, -0.15) is 0 Å². The average molecular weight is 358 g/mol. The Morgan fingerprint density at radius 2 is 2.19 bits per heavy atom. The van der Waals surface area contributed by atoms with Gasteiger partial charge in [0.2, 0.25) is 0 Å². The molecule has 21 heavy (non-hydrogen) atoms. The van der Waals surface area contributed by atoms with Gasteiger partial charge in [-0.1, -0.05) is 22.9 Å². The molecule has 1 saturated heterocycles. The number of hydrogen-bond acceptors (Lipinski definition) is 2. The zero-order chi connectivity index (χ0) is 15.3. The summed E-state index contributed by atoms with van der Waals surface area (Å²) in [4.78, 5) is 0. The smallest absolute Gasteiger partial charge is 0.124 e. The highest BCUT2D eigenvalue weighted by Crippen LogP contribution is 2.30. The van der Waals surface area contributed by atoms with Crippen molar-refractivity contribution in [3.05, 3.63) is 34.1 Å². The molecule has 1 fully saturated rings. The van der Waals surface area contributed by atoms with E-state index in [1.54, 1.807) is 6.07 Å². The maximum absolute atomic E-state index is 13.6. The van der Waals surface area contributed by atoms with Crippen LogP contribution >= 0.6 is 15.9 Å². The van der Waals surface area contributed by atoms with Gasteiger partial charge in [0.15, 0.2) is 0 Å². The quantitative estimate of drug-likeness (QED) is 0.811. The summed E-state index contributed by atoms with van der Waals surface area (Å²) in [6.07, 6.45) is 5.27. The number of ether oxygens (including phenoxy) is 1. The molecule has 0 aromatic heterocycles. The predicted octanol–water partition coefficient (Wildman–Crippen LogP) is 4.46. The van der Waals surface area contributed by atoms with Crippen LogP contribution in [0, 0.1) is 5.82 Å². The van der Waals surface area contributed by atoms with Crippen LogP contribution in [0.15, 0.2) is 22.7 Å². The monoisotopic (exact) mass is 357 g/mol. The van der Waals surface area contributed by atoms with Gasteiger partial charge >= 0.3 is 0 Å². The number of rotatable bonds is 6. The summed E-state index contributed by atoms with van der Waals surface area (Å²) in [6.45, 7) is 6.13. The molecule has 2 atom stereocenters. The summed E-state index contributed by atoms with van der Waals surface area (Å²) < 4.78 is 20.5. The van der Waals surface area contributed by atoms with Gasteiger partial charge in [-0.05, 0) is 69.3 Å². The lowest BCUT2D eigenvalue weighted by molar-refractivity contribution is -0.0883. The predicted molar refractivity (Wildman–Crippen MR) is 88.1 cm³/mol. The van der Waals surface area contributed by atoms with Crippen LogP contribution in [0.4, 0.5) is 4.39 Å². The van der Waals surface area contributed by atoms with Crippen molar-refractivity contribution in [2.45, 2.75) is 57.6 Å². The molecule has 2 rings (SSSR count). The molecule has 118 valence electrons. The van der Waals surface area contributed by atoms with E-state index in [9.17, 15) is 4.39 Å². The molecule has 1 aromatic carbocycles. The van der Waals surface area contributed by atoms with E-state index in [-0.39, 0.29) is 17.5 Å². The molecule has 1 aliphatic rings. The highest BCUT2D eigenvalue weighted by molar-refractivity contribution is 9.10. The highest BCUT2D eigenvalue weighted by Gasteiger charge is 2.36. The van der Waals surface area contributed by atoms with Crippen molar-refractivity contribution in [2.75, 3.05) is 13.2 Å². The van der Waals surface area contributed by atoms with Crippen LogP contribution in [0.25, 0.3) is 0 Å². The summed E-state index contributed by atoms with van der Waals surface area (Å²) in [6, 6.07) is 5.33. The van der Waals surface area contributed by atoms with Crippen LogP contribution in [-0.2, 0) is 11.2 Å². The molecule has 1 heterocycles. The van der Waals surface area contributed by atoms with E-state index in [1.165, 1.54) is 12.5 Å². The molecule has 1 aromatic rings. The Morgan fingerprint density at radius 1 is 1.38 bits per heavy atom. The molecule has 4 heteroatoms. The van der Waals surface area contributed by atoms with Crippen molar-refractivity contribution in [3.8, 4) is 0 Å². The molecule has 1 aliphatic heterocycles.